The van der Waals surface area contributed by atoms with Gasteiger partial charge in [-0.25, -0.2) is 4.79 Å². The fourth-order valence-electron chi connectivity index (χ4n) is 4.31. The molecule has 3 aromatic heterocycles. The van der Waals surface area contributed by atoms with E-state index in [1.54, 1.807) is 0 Å². The lowest BCUT2D eigenvalue weighted by Gasteiger charge is -2.11. The van der Waals surface area contributed by atoms with Crippen LogP contribution >= 0.6 is 0 Å². The molecule has 0 aliphatic carbocycles. The van der Waals surface area contributed by atoms with E-state index in [4.69, 9.17) is 13.6 Å². The minimum atomic E-state index is -0.384. The van der Waals surface area contributed by atoms with Gasteiger partial charge in [-0.3, -0.25) is 4.98 Å². The van der Waals surface area contributed by atoms with Gasteiger partial charge in [0.15, 0.2) is 5.58 Å². The summed E-state index contributed by atoms with van der Waals surface area (Å²) < 4.78 is 17.5. The van der Waals surface area contributed by atoms with Crippen molar-refractivity contribution in [3.63, 3.8) is 0 Å². The topological polar surface area (TPSA) is 77.5 Å². The number of furan rings is 1. The summed E-state index contributed by atoms with van der Waals surface area (Å²) in [5.74, 6) is 0.646. The van der Waals surface area contributed by atoms with Crippen molar-refractivity contribution in [3.05, 3.63) is 63.3 Å². The summed E-state index contributed by atoms with van der Waals surface area (Å²) in [6, 6.07) is 7.54. The number of hydrogen-bond donors (Lipinski definition) is 1. The van der Waals surface area contributed by atoms with Gasteiger partial charge in [-0.2, -0.15) is 0 Å². The Hall–Kier alpha value is -2.96. The van der Waals surface area contributed by atoms with Crippen LogP contribution in [0.3, 0.4) is 0 Å². The van der Waals surface area contributed by atoms with Gasteiger partial charge in [-0.1, -0.05) is 12.1 Å². The van der Waals surface area contributed by atoms with Crippen molar-refractivity contribution in [2.45, 2.75) is 46.3 Å². The second-order valence-electron chi connectivity index (χ2n) is 8.35. The van der Waals surface area contributed by atoms with Crippen LogP contribution in [0, 0.1) is 20.8 Å². The standard InChI is InChI=1S/C25H26N2O4/c1-14-6-7-19-21(10-23(28)31-24(19)15(14)2)22-9-20-17(12-27-16(3)25(20)30-22)11-26-13-18-5-4-8-29-18/h6-7,9-10,12,18,26H,4-5,8,11,13H2,1-3H3/t18-/m0/s1. The van der Waals surface area contributed by atoms with Crippen LogP contribution in [-0.4, -0.2) is 24.2 Å². The van der Waals surface area contributed by atoms with Crippen molar-refractivity contribution in [2.24, 2.45) is 0 Å². The molecule has 0 amide bonds. The van der Waals surface area contributed by atoms with E-state index >= 15 is 0 Å². The minimum absolute atomic E-state index is 0.287. The number of pyridine rings is 1. The number of ether oxygens (including phenoxy) is 1. The number of benzene rings is 1. The Morgan fingerprint density at radius 2 is 1.97 bits per heavy atom. The molecule has 1 N–H and O–H groups in total. The van der Waals surface area contributed by atoms with E-state index in [9.17, 15) is 4.79 Å². The smallest absolute Gasteiger partial charge is 0.336 e. The molecule has 0 unspecified atom stereocenters. The Kier molecular flexibility index (Phi) is 5.12. The quantitative estimate of drug-likeness (QED) is 0.469. The second kappa shape index (κ2) is 7.94. The van der Waals surface area contributed by atoms with Gasteiger partial charge < -0.3 is 18.9 Å². The third-order valence-electron chi connectivity index (χ3n) is 6.23. The Labute approximate surface area is 180 Å². The summed E-state index contributed by atoms with van der Waals surface area (Å²) in [5.41, 5.74) is 5.64. The van der Waals surface area contributed by atoms with E-state index in [1.165, 1.54) is 6.07 Å². The van der Waals surface area contributed by atoms with Gasteiger partial charge >= 0.3 is 5.63 Å². The zero-order chi connectivity index (χ0) is 21.5. The molecule has 1 saturated heterocycles. The summed E-state index contributed by atoms with van der Waals surface area (Å²) in [7, 11) is 0. The van der Waals surface area contributed by atoms with Crippen LogP contribution in [0.4, 0.5) is 0 Å². The molecule has 4 aromatic rings. The van der Waals surface area contributed by atoms with E-state index in [-0.39, 0.29) is 11.7 Å². The number of hydrogen-bond acceptors (Lipinski definition) is 6. The number of nitrogens with one attached hydrogen (secondary N) is 1. The summed E-state index contributed by atoms with van der Waals surface area (Å²) in [4.78, 5) is 16.8. The highest BCUT2D eigenvalue weighted by molar-refractivity contribution is 5.97. The molecular formula is C25H26N2O4. The van der Waals surface area contributed by atoms with Crippen molar-refractivity contribution in [3.8, 4) is 11.3 Å². The molecule has 31 heavy (non-hydrogen) atoms. The first-order valence-corrected chi connectivity index (χ1v) is 10.8. The maximum atomic E-state index is 12.3. The molecule has 1 fully saturated rings. The zero-order valence-corrected chi connectivity index (χ0v) is 18.1. The van der Waals surface area contributed by atoms with Crippen molar-refractivity contribution < 1.29 is 13.6 Å². The molecule has 1 aliphatic rings. The lowest BCUT2D eigenvalue weighted by molar-refractivity contribution is 0.110. The monoisotopic (exact) mass is 418 g/mol. The maximum absolute atomic E-state index is 12.3. The molecule has 160 valence electrons. The molecule has 1 aliphatic heterocycles. The lowest BCUT2D eigenvalue weighted by atomic mass is 10.0. The van der Waals surface area contributed by atoms with E-state index in [0.29, 0.717) is 17.9 Å². The first-order valence-electron chi connectivity index (χ1n) is 10.8. The molecular weight excluding hydrogens is 392 g/mol. The number of fused-ring (bicyclic) bond motifs is 2. The van der Waals surface area contributed by atoms with Gasteiger partial charge in [0.2, 0.25) is 0 Å². The first kappa shape index (κ1) is 20.0. The van der Waals surface area contributed by atoms with E-state index in [1.807, 2.05) is 45.2 Å². The molecule has 5 rings (SSSR count). The average Bonchev–Trinajstić information content (AvgIpc) is 3.43. The van der Waals surface area contributed by atoms with E-state index < -0.39 is 0 Å². The molecule has 1 atom stereocenters. The predicted molar refractivity (Wildman–Crippen MR) is 120 cm³/mol. The third-order valence-corrected chi connectivity index (χ3v) is 6.23. The highest BCUT2D eigenvalue weighted by atomic mass is 16.5. The predicted octanol–water partition coefficient (Wildman–Crippen LogP) is 4.80. The molecule has 0 radical (unpaired) electrons. The maximum Gasteiger partial charge on any atom is 0.336 e. The lowest BCUT2D eigenvalue weighted by Crippen LogP contribution is -2.25. The number of aromatic nitrogens is 1. The van der Waals surface area contributed by atoms with Gasteiger partial charge in [0.1, 0.15) is 11.3 Å². The first-order chi connectivity index (χ1) is 15.0. The number of nitrogens with zero attached hydrogens (tertiary/aromatic N) is 1. The Morgan fingerprint density at radius 1 is 1.10 bits per heavy atom. The Balaban J connectivity index is 1.56. The van der Waals surface area contributed by atoms with Gasteiger partial charge in [-0.05, 0) is 56.4 Å². The zero-order valence-electron chi connectivity index (χ0n) is 18.1. The number of aryl methyl sites for hydroxylation is 3. The molecule has 1 aromatic carbocycles. The van der Waals surface area contributed by atoms with Crippen molar-refractivity contribution >= 4 is 21.9 Å². The Bertz CT molecular complexity index is 1330. The van der Waals surface area contributed by atoms with E-state index in [2.05, 4.69) is 10.3 Å². The van der Waals surface area contributed by atoms with Gasteiger partial charge in [-0.15, -0.1) is 0 Å². The summed E-state index contributed by atoms with van der Waals surface area (Å²) >= 11 is 0. The molecule has 0 saturated carbocycles. The number of rotatable bonds is 5. The molecule has 0 bridgehead atoms. The van der Waals surface area contributed by atoms with Crippen LogP contribution in [-0.2, 0) is 11.3 Å². The molecule has 6 heteroatoms. The van der Waals surface area contributed by atoms with Gasteiger partial charge in [0.25, 0.3) is 0 Å². The van der Waals surface area contributed by atoms with Crippen LogP contribution < -0.4 is 10.9 Å². The normalized spacial score (nSPS) is 16.5. The molecule has 6 nitrogen and oxygen atoms in total. The highest BCUT2D eigenvalue weighted by Gasteiger charge is 2.18. The van der Waals surface area contributed by atoms with Crippen molar-refractivity contribution in [2.75, 3.05) is 13.2 Å². The van der Waals surface area contributed by atoms with Crippen LogP contribution in [0.5, 0.6) is 0 Å². The molecule has 0 spiro atoms. The molecule has 4 heterocycles. The largest absolute Gasteiger partial charge is 0.454 e. The summed E-state index contributed by atoms with van der Waals surface area (Å²) in [6.45, 7) is 8.26. The highest BCUT2D eigenvalue weighted by Crippen LogP contribution is 2.35. The van der Waals surface area contributed by atoms with Crippen molar-refractivity contribution in [1.29, 1.82) is 0 Å². The summed E-state index contributed by atoms with van der Waals surface area (Å²) in [5, 5.41) is 5.36. The average molecular weight is 418 g/mol. The van der Waals surface area contributed by atoms with Gasteiger partial charge in [0.05, 0.1) is 11.8 Å². The SMILES string of the molecule is Cc1ccc2c(-c3cc4c(CNC[C@@H]5CCCO5)cnc(C)c4o3)cc(=O)oc2c1C. The van der Waals surface area contributed by atoms with Gasteiger partial charge in [0, 0.05) is 48.3 Å². The second-order valence-corrected chi connectivity index (χ2v) is 8.35. The van der Waals surface area contributed by atoms with Crippen LogP contribution in [0.15, 0.2) is 44.1 Å². The summed E-state index contributed by atoms with van der Waals surface area (Å²) in [6.07, 6.45) is 4.42. The fraction of sp³-hybridized carbons (Fsp3) is 0.360. The van der Waals surface area contributed by atoms with Crippen LogP contribution in [0.2, 0.25) is 0 Å². The van der Waals surface area contributed by atoms with E-state index in [0.717, 1.165) is 70.3 Å². The fourth-order valence-corrected chi connectivity index (χ4v) is 4.31. The van der Waals surface area contributed by atoms with Crippen LogP contribution in [0.1, 0.15) is 35.2 Å². The van der Waals surface area contributed by atoms with Crippen LogP contribution in [0.25, 0.3) is 33.3 Å². The minimum Gasteiger partial charge on any atom is -0.454 e. The Morgan fingerprint density at radius 3 is 2.77 bits per heavy atom. The van der Waals surface area contributed by atoms with Crippen molar-refractivity contribution in [1.82, 2.24) is 10.3 Å². The third kappa shape index (κ3) is 3.66.